The molecule has 0 amide bonds. The molecular formula is C17H15FN6S. The number of halogens is 1. The third kappa shape index (κ3) is 3.29. The van der Waals surface area contributed by atoms with E-state index in [-0.39, 0.29) is 5.82 Å². The van der Waals surface area contributed by atoms with Crippen LogP contribution < -0.4 is 10.6 Å². The smallest absolute Gasteiger partial charge is 0.225 e. The molecule has 3 N–H and O–H groups in total. The van der Waals surface area contributed by atoms with Gasteiger partial charge < -0.3 is 10.6 Å². The van der Waals surface area contributed by atoms with Gasteiger partial charge in [-0.25, -0.2) is 9.37 Å². The molecule has 0 aliphatic carbocycles. The third-order valence-corrected chi connectivity index (χ3v) is 4.56. The number of nitrogens with one attached hydrogen (secondary N) is 3. The second-order valence-corrected chi connectivity index (χ2v) is 6.45. The second kappa shape index (κ2) is 6.48. The van der Waals surface area contributed by atoms with Gasteiger partial charge in [0.05, 0.1) is 10.2 Å². The van der Waals surface area contributed by atoms with E-state index in [2.05, 4.69) is 30.8 Å². The van der Waals surface area contributed by atoms with Crippen molar-refractivity contribution in [2.75, 3.05) is 10.6 Å². The number of H-pyrrole nitrogens is 1. The Labute approximate surface area is 147 Å². The van der Waals surface area contributed by atoms with Crippen LogP contribution in [0, 0.1) is 12.7 Å². The van der Waals surface area contributed by atoms with Crippen LogP contribution >= 0.6 is 11.3 Å². The number of fused-ring (bicyclic) bond motifs is 1. The van der Waals surface area contributed by atoms with E-state index >= 15 is 0 Å². The van der Waals surface area contributed by atoms with Gasteiger partial charge in [0, 0.05) is 23.9 Å². The van der Waals surface area contributed by atoms with Gasteiger partial charge in [0.1, 0.15) is 5.82 Å². The number of rotatable bonds is 5. The molecule has 0 aliphatic heterocycles. The van der Waals surface area contributed by atoms with Crippen LogP contribution in [0.15, 0.2) is 41.8 Å². The number of hydrogen-bond acceptors (Lipinski definition) is 6. The van der Waals surface area contributed by atoms with Crippen LogP contribution in [-0.4, -0.2) is 20.2 Å². The average molecular weight is 354 g/mol. The van der Waals surface area contributed by atoms with Gasteiger partial charge in [-0.1, -0.05) is 18.2 Å². The van der Waals surface area contributed by atoms with E-state index in [9.17, 15) is 4.39 Å². The first-order chi connectivity index (χ1) is 12.2. The molecule has 0 radical (unpaired) electrons. The Morgan fingerprint density at radius 2 is 2.08 bits per heavy atom. The largest absolute Gasteiger partial charge is 0.350 e. The molecule has 0 atom stereocenters. The Morgan fingerprint density at radius 3 is 2.88 bits per heavy atom. The summed E-state index contributed by atoms with van der Waals surface area (Å²) in [4.78, 5) is 9.01. The maximum atomic E-state index is 13.8. The highest BCUT2D eigenvalue weighted by atomic mass is 32.1. The Hall–Kier alpha value is -3.00. The van der Waals surface area contributed by atoms with E-state index in [1.165, 1.54) is 6.07 Å². The SMILES string of the molecule is Cc1cc(Nc2nc(NCc3ccccc3F)nc3ccsc23)n[nH]1. The van der Waals surface area contributed by atoms with Crippen molar-refractivity contribution in [1.29, 1.82) is 0 Å². The summed E-state index contributed by atoms with van der Waals surface area (Å²) in [7, 11) is 0. The Morgan fingerprint density at radius 1 is 1.20 bits per heavy atom. The Kier molecular flexibility index (Phi) is 4.02. The van der Waals surface area contributed by atoms with Gasteiger partial charge >= 0.3 is 0 Å². The molecule has 3 heterocycles. The molecule has 0 saturated carbocycles. The lowest BCUT2D eigenvalue weighted by atomic mass is 10.2. The minimum Gasteiger partial charge on any atom is -0.350 e. The zero-order chi connectivity index (χ0) is 17.2. The second-order valence-electron chi connectivity index (χ2n) is 5.54. The quantitative estimate of drug-likeness (QED) is 0.500. The number of hydrogen-bond donors (Lipinski definition) is 3. The molecule has 8 heteroatoms. The number of aromatic amines is 1. The summed E-state index contributed by atoms with van der Waals surface area (Å²) in [5.41, 5.74) is 2.34. The number of nitrogens with zero attached hydrogens (tertiary/aromatic N) is 3. The lowest BCUT2D eigenvalue weighted by Crippen LogP contribution is -2.06. The van der Waals surface area contributed by atoms with Crippen LogP contribution in [0.5, 0.6) is 0 Å². The number of anilines is 3. The van der Waals surface area contributed by atoms with Crippen molar-refractivity contribution < 1.29 is 4.39 Å². The van der Waals surface area contributed by atoms with Gasteiger partial charge in [0.25, 0.3) is 0 Å². The van der Waals surface area contributed by atoms with Crippen LogP contribution in [0.3, 0.4) is 0 Å². The summed E-state index contributed by atoms with van der Waals surface area (Å²) in [6, 6.07) is 10.5. The molecule has 0 fully saturated rings. The highest BCUT2D eigenvalue weighted by molar-refractivity contribution is 7.17. The van der Waals surface area contributed by atoms with Crippen LogP contribution in [0.2, 0.25) is 0 Å². The topological polar surface area (TPSA) is 78.5 Å². The third-order valence-electron chi connectivity index (χ3n) is 3.65. The van der Waals surface area contributed by atoms with E-state index in [0.29, 0.717) is 29.7 Å². The molecule has 0 bridgehead atoms. The molecular weight excluding hydrogens is 339 g/mol. The van der Waals surface area contributed by atoms with Crippen molar-refractivity contribution in [1.82, 2.24) is 20.2 Å². The Balaban J connectivity index is 1.62. The number of thiophene rings is 1. The van der Waals surface area contributed by atoms with E-state index in [0.717, 1.165) is 15.9 Å². The van der Waals surface area contributed by atoms with Gasteiger partial charge in [-0.3, -0.25) is 5.10 Å². The van der Waals surface area contributed by atoms with Crippen molar-refractivity contribution in [3.8, 4) is 0 Å². The molecule has 0 unspecified atom stereocenters. The van der Waals surface area contributed by atoms with Crippen molar-refractivity contribution >= 4 is 39.1 Å². The molecule has 6 nitrogen and oxygen atoms in total. The molecule has 0 saturated heterocycles. The van der Waals surface area contributed by atoms with E-state index in [1.54, 1.807) is 29.5 Å². The van der Waals surface area contributed by atoms with Crippen molar-refractivity contribution in [3.05, 3.63) is 58.9 Å². The summed E-state index contributed by atoms with van der Waals surface area (Å²) >= 11 is 1.55. The summed E-state index contributed by atoms with van der Waals surface area (Å²) < 4.78 is 14.7. The molecule has 25 heavy (non-hydrogen) atoms. The lowest BCUT2D eigenvalue weighted by Gasteiger charge is -2.09. The van der Waals surface area contributed by atoms with E-state index in [4.69, 9.17) is 0 Å². The zero-order valence-electron chi connectivity index (χ0n) is 13.4. The summed E-state index contributed by atoms with van der Waals surface area (Å²) in [6.07, 6.45) is 0. The van der Waals surface area contributed by atoms with Crippen LogP contribution in [0.4, 0.5) is 22.0 Å². The Bertz CT molecular complexity index is 1020. The minimum absolute atomic E-state index is 0.253. The molecule has 1 aromatic carbocycles. The van der Waals surface area contributed by atoms with Gasteiger partial charge in [0.2, 0.25) is 5.95 Å². The molecule has 0 aliphatic rings. The number of aromatic nitrogens is 4. The zero-order valence-corrected chi connectivity index (χ0v) is 14.2. The van der Waals surface area contributed by atoms with Crippen molar-refractivity contribution in [2.24, 2.45) is 0 Å². The van der Waals surface area contributed by atoms with Gasteiger partial charge in [0.15, 0.2) is 11.6 Å². The summed E-state index contributed by atoms with van der Waals surface area (Å²) in [5, 5.41) is 15.3. The van der Waals surface area contributed by atoms with E-state index in [1.807, 2.05) is 24.4 Å². The van der Waals surface area contributed by atoms with Crippen molar-refractivity contribution in [3.63, 3.8) is 0 Å². The van der Waals surface area contributed by atoms with Crippen LogP contribution in [0.1, 0.15) is 11.3 Å². The minimum atomic E-state index is -0.253. The van der Waals surface area contributed by atoms with Gasteiger partial charge in [-0.05, 0) is 24.4 Å². The fourth-order valence-electron chi connectivity index (χ4n) is 2.45. The monoisotopic (exact) mass is 354 g/mol. The number of aryl methyl sites for hydroxylation is 1. The normalized spacial score (nSPS) is 11.0. The fourth-order valence-corrected chi connectivity index (χ4v) is 3.22. The van der Waals surface area contributed by atoms with Gasteiger partial charge in [-0.15, -0.1) is 11.3 Å². The lowest BCUT2D eigenvalue weighted by molar-refractivity contribution is 0.612. The van der Waals surface area contributed by atoms with Crippen LogP contribution in [0.25, 0.3) is 10.2 Å². The predicted molar refractivity (Wildman–Crippen MR) is 97.7 cm³/mol. The van der Waals surface area contributed by atoms with Crippen molar-refractivity contribution in [2.45, 2.75) is 13.5 Å². The average Bonchev–Trinajstić information content (AvgIpc) is 3.23. The number of benzene rings is 1. The molecule has 4 rings (SSSR count). The molecule has 3 aromatic heterocycles. The first kappa shape index (κ1) is 15.5. The molecule has 4 aromatic rings. The first-order valence-electron chi connectivity index (χ1n) is 7.70. The molecule has 126 valence electrons. The van der Waals surface area contributed by atoms with Gasteiger partial charge in [-0.2, -0.15) is 10.1 Å². The summed E-state index contributed by atoms with van der Waals surface area (Å²) in [5.74, 6) is 1.54. The first-order valence-corrected chi connectivity index (χ1v) is 8.58. The highest BCUT2D eigenvalue weighted by Crippen LogP contribution is 2.29. The predicted octanol–water partition coefficient (Wildman–Crippen LogP) is 4.22. The maximum absolute atomic E-state index is 13.8. The van der Waals surface area contributed by atoms with Crippen LogP contribution in [-0.2, 0) is 6.54 Å². The summed E-state index contributed by atoms with van der Waals surface area (Å²) in [6.45, 7) is 2.24. The fraction of sp³-hybridized carbons (Fsp3) is 0.118. The van der Waals surface area contributed by atoms with E-state index < -0.39 is 0 Å². The maximum Gasteiger partial charge on any atom is 0.225 e. The highest BCUT2D eigenvalue weighted by Gasteiger charge is 2.11. The molecule has 0 spiro atoms. The standard InChI is InChI=1S/C17H15FN6S/c1-10-8-14(24-23-10)21-16-15-13(6-7-25-15)20-17(22-16)19-9-11-4-2-3-5-12(11)18/h2-8H,9H2,1H3,(H3,19,20,21,22,23,24).